The van der Waals surface area contributed by atoms with Crippen molar-refractivity contribution in [2.45, 2.75) is 37.5 Å². The molecule has 1 unspecified atom stereocenters. The number of benzene rings is 1. The lowest BCUT2D eigenvalue weighted by Gasteiger charge is -2.31. The zero-order valence-corrected chi connectivity index (χ0v) is 15.7. The SMILES string of the molecule is CCCCNC(=O)C1CCCN(S(=O)(=O)c2ccc(Br)cc2)C1. The molecular formula is C16H23BrN2O3S. The second-order valence-electron chi connectivity index (χ2n) is 5.80. The normalized spacial score (nSPS) is 19.5. The van der Waals surface area contributed by atoms with Gasteiger partial charge in [0.25, 0.3) is 0 Å². The van der Waals surface area contributed by atoms with Gasteiger partial charge in [0.05, 0.1) is 10.8 Å². The van der Waals surface area contributed by atoms with Crippen LogP contribution in [0.5, 0.6) is 0 Å². The molecule has 128 valence electrons. The number of rotatable bonds is 6. The average molecular weight is 403 g/mol. The minimum absolute atomic E-state index is 0.0332. The molecule has 1 heterocycles. The minimum atomic E-state index is -3.54. The number of halogens is 1. The van der Waals surface area contributed by atoms with Gasteiger partial charge in [0.1, 0.15) is 0 Å². The van der Waals surface area contributed by atoms with E-state index in [9.17, 15) is 13.2 Å². The molecule has 1 aliphatic rings. The molecular weight excluding hydrogens is 380 g/mol. The van der Waals surface area contributed by atoms with E-state index in [4.69, 9.17) is 0 Å². The van der Waals surface area contributed by atoms with E-state index in [0.717, 1.165) is 23.7 Å². The van der Waals surface area contributed by atoms with Crippen molar-refractivity contribution in [3.05, 3.63) is 28.7 Å². The molecule has 0 aliphatic carbocycles. The molecule has 0 spiro atoms. The zero-order valence-electron chi connectivity index (χ0n) is 13.3. The Balaban J connectivity index is 2.05. The van der Waals surface area contributed by atoms with Gasteiger partial charge in [0.15, 0.2) is 0 Å². The molecule has 1 aromatic rings. The summed E-state index contributed by atoms with van der Waals surface area (Å²) in [6.07, 6.45) is 3.42. The van der Waals surface area contributed by atoms with Crippen molar-refractivity contribution in [1.82, 2.24) is 9.62 Å². The van der Waals surface area contributed by atoms with Gasteiger partial charge in [-0.15, -0.1) is 0 Å². The topological polar surface area (TPSA) is 66.5 Å². The van der Waals surface area contributed by atoms with E-state index in [0.29, 0.717) is 19.5 Å². The fraction of sp³-hybridized carbons (Fsp3) is 0.562. The van der Waals surface area contributed by atoms with Crippen molar-refractivity contribution in [2.75, 3.05) is 19.6 Å². The molecule has 1 fully saturated rings. The third-order valence-corrected chi connectivity index (χ3v) is 6.44. The predicted octanol–water partition coefficient (Wildman–Crippen LogP) is 2.77. The largest absolute Gasteiger partial charge is 0.356 e. The molecule has 1 amide bonds. The highest BCUT2D eigenvalue weighted by Crippen LogP contribution is 2.24. The van der Waals surface area contributed by atoms with E-state index in [1.807, 2.05) is 0 Å². The molecule has 1 atom stereocenters. The van der Waals surface area contributed by atoms with Gasteiger partial charge in [-0.2, -0.15) is 4.31 Å². The van der Waals surface area contributed by atoms with Gasteiger partial charge in [-0.05, 0) is 43.5 Å². The van der Waals surface area contributed by atoms with Crippen LogP contribution >= 0.6 is 15.9 Å². The van der Waals surface area contributed by atoms with Crippen LogP contribution in [0.2, 0.25) is 0 Å². The summed E-state index contributed by atoms with van der Waals surface area (Å²) in [6, 6.07) is 6.60. The minimum Gasteiger partial charge on any atom is -0.356 e. The van der Waals surface area contributed by atoms with E-state index >= 15 is 0 Å². The van der Waals surface area contributed by atoms with Crippen LogP contribution in [0.15, 0.2) is 33.6 Å². The van der Waals surface area contributed by atoms with E-state index in [1.54, 1.807) is 24.3 Å². The highest BCUT2D eigenvalue weighted by molar-refractivity contribution is 9.10. The van der Waals surface area contributed by atoms with Crippen LogP contribution in [-0.4, -0.2) is 38.3 Å². The maximum atomic E-state index is 12.7. The van der Waals surface area contributed by atoms with Crippen molar-refractivity contribution in [3.8, 4) is 0 Å². The van der Waals surface area contributed by atoms with Crippen LogP contribution in [0.4, 0.5) is 0 Å². The Labute approximate surface area is 146 Å². The van der Waals surface area contributed by atoms with Gasteiger partial charge in [0.2, 0.25) is 15.9 Å². The lowest BCUT2D eigenvalue weighted by Crippen LogP contribution is -2.45. The molecule has 1 saturated heterocycles. The molecule has 0 radical (unpaired) electrons. The Morgan fingerprint density at radius 2 is 2.04 bits per heavy atom. The first kappa shape index (κ1) is 18.4. The lowest BCUT2D eigenvalue weighted by atomic mass is 9.99. The lowest BCUT2D eigenvalue weighted by molar-refractivity contribution is -0.126. The molecule has 0 aromatic heterocycles. The van der Waals surface area contributed by atoms with Crippen molar-refractivity contribution < 1.29 is 13.2 Å². The summed E-state index contributed by atoms with van der Waals surface area (Å²) >= 11 is 3.31. The standard InChI is InChI=1S/C16H23BrN2O3S/c1-2-3-10-18-16(20)13-5-4-11-19(12-13)23(21,22)15-8-6-14(17)7-9-15/h6-9,13H,2-5,10-12H2,1H3,(H,18,20). The molecule has 5 nitrogen and oxygen atoms in total. The number of nitrogens with one attached hydrogen (secondary N) is 1. The van der Waals surface area contributed by atoms with Gasteiger partial charge < -0.3 is 5.32 Å². The summed E-state index contributed by atoms with van der Waals surface area (Å²) in [5, 5.41) is 2.91. The van der Waals surface area contributed by atoms with Crippen LogP contribution in [0.25, 0.3) is 0 Å². The maximum absolute atomic E-state index is 12.7. The number of hydrogen-bond donors (Lipinski definition) is 1. The molecule has 0 saturated carbocycles. The van der Waals surface area contributed by atoms with Crippen LogP contribution in [0, 0.1) is 5.92 Å². The van der Waals surface area contributed by atoms with Gasteiger partial charge in [-0.25, -0.2) is 8.42 Å². The predicted molar refractivity (Wildman–Crippen MR) is 93.5 cm³/mol. The number of amides is 1. The average Bonchev–Trinajstić information content (AvgIpc) is 2.55. The Bertz CT molecular complexity index is 631. The van der Waals surface area contributed by atoms with Crippen LogP contribution in [-0.2, 0) is 14.8 Å². The summed E-state index contributed by atoms with van der Waals surface area (Å²) in [7, 11) is -3.54. The van der Waals surface area contributed by atoms with Crippen molar-refractivity contribution in [3.63, 3.8) is 0 Å². The van der Waals surface area contributed by atoms with Crippen LogP contribution in [0.3, 0.4) is 0 Å². The summed E-state index contributed by atoms with van der Waals surface area (Å²) in [5.74, 6) is -0.292. The number of nitrogens with zero attached hydrogens (tertiary/aromatic N) is 1. The number of carbonyl (C=O) groups excluding carboxylic acids is 1. The third kappa shape index (κ3) is 4.78. The maximum Gasteiger partial charge on any atom is 0.243 e. The second kappa shape index (κ2) is 8.26. The highest BCUT2D eigenvalue weighted by atomic mass is 79.9. The molecule has 23 heavy (non-hydrogen) atoms. The Hall–Kier alpha value is -0.920. The molecule has 1 aliphatic heterocycles. The van der Waals surface area contributed by atoms with Crippen LogP contribution in [0.1, 0.15) is 32.6 Å². The monoisotopic (exact) mass is 402 g/mol. The smallest absolute Gasteiger partial charge is 0.243 e. The van der Waals surface area contributed by atoms with Crippen molar-refractivity contribution in [2.24, 2.45) is 5.92 Å². The Morgan fingerprint density at radius 3 is 2.70 bits per heavy atom. The van der Waals surface area contributed by atoms with Crippen molar-refractivity contribution in [1.29, 1.82) is 0 Å². The fourth-order valence-corrected chi connectivity index (χ4v) is 4.45. The third-order valence-electron chi connectivity index (χ3n) is 4.04. The van der Waals surface area contributed by atoms with Gasteiger partial charge >= 0.3 is 0 Å². The van der Waals surface area contributed by atoms with Gasteiger partial charge in [-0.3, -0.25) is 4.79 Å². The van der Waals surface area contributed by atoms with Gasteiger partial charge in [-0.1, -0.05) is 29.3 Å². The summed E-state index contributed by atoms with van der Waals surface area (Å²) in [4.78, 5) is 12.5. The Kier molecular flexibility index (Phi) is 6.61. The van der Waals surface area contributed by atoms with Gasteiger partial charge in [0, 0.05) is 24.1 Å². The number of carbonyl (C=O) groups is 1. The first-order valence-electron chi connectivity index (χ1n) is 7.98. The highest BCUT2D eigenvalue weighted by Gasteiger charge is 2.33. The summed E-state index contributed by atoms with van der Waals surface area (Å²) < 4.78 is 27.7. The van der Waals surface area contributed by atoms with E-state index < -0.39 is 10.0 Å². The quantitative estimate of drug-likeness (QED) is 0.743. The second-order valence-corrected chi connectivity index (χ2v) is 8.65. The summed E-state index contributed by atoms with van der Waals surface area (Å²) in [5.41, 5.74) is 0. The molecule has 7 heteroatoms. The molecule has 2 rings (SSSR count). The van der Waals surface area contributed by atoms with E-state index in [-0.39, 0.29) is 23.3 Å². The summed E-state index contributed by atoms with van der Waals surface area (Å²) in [6.45, 7) is 3.46. The zero-order chi connectivity index (χ0) is 16.9. The molecule has 0 bridgehead atoms. The molecule has 1 N–H and O–H groups in total. The number of unbranched alkanes of at least 4 members (excludes halogenated alkanes) is 1. The number of piperidine rings is 1. The first-order valence-corrected chi connectivity index (χ1v) is 10.2. The Morgan fingerprint density at radius 1 is 1.35 bits per heavy atom. The molecule has 1 aromatic carbocycles. The number of sulfonamides is 1. The van der Waals surface area contributed by atoms with E-state index in [2.05, 4.69) is 28.2 Å². The first-order chi connectivity index (χ1) is 10.9. The van der Waals surface area contributed by atoms with Crippen molar-refractivity contribution >= 4 is 31.9 Å². The van der Waals surface area contributed by atoms with Crippen LogP contribution < -0.4 is 5.32 Å². The fourth-order valence-electron chi connectivity index (χ4n) is 2.66. The number of hydrogen-bond acceptors (Lipinski definition) is 3. The van der Waals surface area contributed by atoms with E-state index in [1.165, 1.54) is 4.31 Å².